The van der Waals surface area contributed by atoms with Crippen molar-refractivity contribution < 1.29 is 24.1 Å². The highest BCUT2D eigenvalue weighted by Crippen LogP contribution is 2.46. The van der Waals surface area contributed by atoms with Gasteiger partial charge in [0.05, 0.1) is 43.5 Å². The van der Waals surface area contributed by atoms with Crippen molar-refractivity contribution in [1.29, 1.82) is 0 Å². The first-order valence-electron chi connectivity index (χ1n) is 14.6. The first kappa shape index (κ1) is 28.1. The number of hydrogen-bond donors (Lipinski definition) is 1. The highest BCUT2D eigenvalue weighted by molar-refractivity contribution is 6.30. The number of carbonyl (C=O) groups is 1. The fourth-order valence-corrected chi connectivity index (χ4v) is 6.97. The van der Waals surface area contributed by atoms with Gasteiger partial charge in [-0.1, -0.05) is 35.9 Å². The van der Waals surface area contributed by atoms with Gasteiger partial charge in [-0.3, -0.25) is 4.79 Å². The number of halogens is 1. The minimum absolute atomic E-state index is 0.0162. The summed E-state index contributed by atoms with van der Waals surface area (Å²) in [5, 5.41) is 12.3. The van der Waals surface area contributed by atoms with Gasteiger partial charge >= 0.3 is 0 Å². The summed E-state index contributed by atoms with van der Waals surface area (Å²) in [4.78, 5) is 15.7. The molecule has 7 heteroatoms. The van der Waals surface area contributed by atoms with Crippen LogP contribution in [0.5, 0.6) is 11.5 Å². The second-order valence-electron chi connectivity index (χ2n) is 12.1. The number of anilines is 1. The molecule has 216 valence electrons. The largest absolute Gasteiger partial charge is 0.493 e. The molecule has 3 aromatic rings. The lowest BCUT2D eigenvalue weighted by Gasteiger charge is -2.40. The number of nitrogens with zero attached hydrogens (tertiary/aromatic N) is 1. The number of amides is 1. The van der Waals surface area contributed by atoms with Gasteiger partial charge in [0, 0.05) is 10.7 Å². The maximum atomic E-state index is 13.8. The lowest BCUT2D eigenvalue weighted by atomic mass is 9.76. The number of ether oxygens (including phenoxy) is 3. The van der Waals surface area contributed by atoms with Gasteiger partial charge in [-0.2, -0.15) is 0 Å². The molecule has 3 aromatic carbocycles. The monoisotopic (exact) mass is 575 g/mol. The molecule has 1 amide bonds. The first-order chi connectivity index (χ1) is 19.6. The molecule has 3 aliphatic heterocycles. The molecule has 3 aliphatic rings. The molecule has 2 fully saturated rings. The van der Waals surface area contributed by atoms with E-state index in [1.54, 1.807) is 7.11 Å². The van der Waals surface area contributed by atoms with Gasteiger partial charge < -0.3 is 24.2 Å². The van der Waals surface area contributed by atoms with Crippen LogP contribution in [0.3, 0.4) is 0 Å². The van der Waals surface area contributed by atoms with Crippen molar-refractivity contribution in [3.63, 3.8) is 0 Å². The highest BCUT2D eigenvalue weighted by atomic mass is 35.5. The predicted molar refractivity (Wildman–Crippen MR) is 160 cm³/mol. The van der Waals surface area contributed by atoms with Crippen LogP contribution < -0.4 is 14.4 Å². The van der Waals surface area contributed by atoms with E-state index in [1.807, 2.05) is 86.3 Å². The Morgan fingerprint density at radius 3 is 2.27 bits per heavy atom. The quantitative estimate of drug-likeness (QED) is 0.329. The number of carbonyl (C=O) groups excluding carboxylic acids is 1. The minimum Gasteiger partial charge on any atom is -0.493 e. The van der Waals surface area contributed by atoms with Crippen LogP contribution in [0.4, 0.5) is 5.69 Å². The average Bonchev–Trinajstić information content (AvgIpc) is 3.29. The zero-order chi connectivity index (χ0) is 28.9. The van der Waals surface area contributed by atoms with E-state index < -0.39 is 5.60 Å². The molecule has 6 nitrogen and oxygen atoms in total. The number of methoxy groups -OCH3 is 1. The zero-order valence-corrected chi connectivity index (χ0v) is 24.9. The van der Waals surface area contributed by atoms with E-state index in [4.69, 9.17) is 25.8 Å². The molecule has 0 aromatic heterocycles. The average molecular weight is 576 g/mol. The van der Waals surface area contributed by atoms with Crippen LogP contribution in [0.15, 0.2) is 60.7 Å². The van der Waals surface area contributed by atoms with Crippen molar-refractivity contribution in [3.05, 3.63) is 87.9 Å². The topological polar surface area (TPSA) is 68.2 Å². The van der Waals surface area contributed by atoms with E-state index in [9.17, 15) is 9.90 Å². The van der Waals surface area contributed by atoms with Gasteiger partial charge in [-0.05, 0) is 111 Å². The smallest absolute Gasteiger partial charge is 0.232 e. The fraction of sp³-hybridized carbons (Fsp3) is 0.441. The second-order valence-corrected chi connectivity index (χ2v) is 12.5. The number of aliphatic hydroxyl groups is 1. The molecule has 0 saturated carbocycles. The van der Waals surface area contributed by atoms with Crippen molar-refractivity contribution in [2.75, 3.05) is 12.0 Å². The minimum atomic E-state index is -0.975. The Balaban J connectivity index is 1.39. The summed E-state index contributed by atoms with van der Waals surface area (Å²) in [6.07, 6.45) is 4.60. The Labute approximate surface area is 247 Å². The van der Waals surface area contributed by atoms with Crippen molar-refractivity contribution >= 4 is 23.2 Å². The van der Waals surface area contributed by atoms with Crippen LogP contribution in [-0.4, -0.2) is 36.4 Å². The van der Waals surface area contributed by atoms with Crippen LogP contribution in [0.25, 0.3) is 0 Å². The Morgan fingerprint density at radius 2 is 1.66 bits per heavy atom. The molecule has 0 radical (unpaired) electrons. The molecule has 6 rings (SSSR count). The molecular formula is C34H38ClNO5. The summed E-state index contributed by atoms with van der Waals surface area (Å²) >= 11 is 6.25. The lowest BCUT2D eigenvalue weighted by molar-refractivity contribution is -0.118. The number of benzene rings is 3. The SMILES string of the molecule is COc1cc2c(cc1OC(C)C)[C@H](c1ccc(Cl)cc1)N(c1ccc([C@@](C)(O)C3CC4CCC(C3)O4)cc1)C(=O)C2. The Kier molecular flexibility index (Phi) is 7.52. The van der Waals surface area contributed by atoms with Crippen LogP contribution in [0.2, 0.25) is 5.02 Å². The third-order valence-corrected chi connectivity index (χ3v) is 9.20. The standard InChI is InChI=1S/C34H38ClNO5/c1-20(2)40-31-19-29-22(15-30(31)39-4)16-32(37)36(33(29)21-5-9-25(35)10-6-21)26-11-7-23(8-12-26)34(3,38)24-17-27-13-14-28(18-24)41-27/h5-12,15,19-20,24,27-28,33,38H,13-14,16-18H2,1-4H3/t24?,27?,28?,33-,34+/m0/s1. The van der Waals surface area contributed by atoms with Gasteiger partial charge in [0.1, 0.15) is 0 Å². The first-order valence-corrected chi connectivity index (χ1v) is 14.9. The molecule has 0 spiro atoms. The molecule has 41 heavy (non-hydrogen) atoms. The Hall–Kier alpha value is -3.06. The molecule has 2 saturated heterocycles. The summed E-state index contributed by atoms with van der Waals surface area (Å²) in [5.74, 6) is 1.38. The van der Waals surface area contributed by atoms with E-state index in [0.29, 0.717) is 16.5 Å². The van der Waals surface area contributed by atoms with Gasteiger partial charge in [-0.25, -0.2) is 0 Å². The van der Waals surface area contributed by atoms with E-state index in [1.165, 1.54) is 0 Å². The number of rotatable bonds is 7. The van der Waals surface area contributed by atoms with Gasteiger partial charge in [0.2, 0.25) is 5.91 Å². The lowest BCUT2D eigenvalue weighted by Crippen LogP contribution is -2.41. The third-order valence-electron chi connectivity index (χ3n) is 8.95. The van der Waals surface area contributed by atoms with Crippen LogP contribution in [0.1, 0.15) is 74.8 Å². The van der Waals surface area contributed by atoms with E-state index in [0.717, 1.165) is 53.6 Å². The molecule has 2 bridgehead atoms. The molecule has 4 atom stereocenters. The normalized spacial score (nSPS) is 25.1. The van der Waals surface area contributed by atoms with E-state index in [2.05, 4.69) is 0 Å². The predicted octanol–water partition coefficient (Wildman–Crippen LogP) is 6.98. The summed E-state index contributed by atoms with van der Waals surface area (Å²) in [5.41, 5.74) is 3.49. The second kappa shape index (κ2) is 11.0. The van der Waals surface area contributed by atoms with Crippen molar-refractivity contribution in [1.82, 2.24) is 0 Å². The van der Waals surface area contributed by atoms with Crippen molar-refractivity contribution in [2.24, 2.45) is 5.92 Å². The summed E-state index contributed by atoms with van der Waals surface area (Å²) in [7, 11) is 1.62. The maximum absolute atomic E-state index is 13.8. The third kappa shape index (κ3) is 5.33. The van der Waals surface area contributed by atoms with Crippen molar-refractivity contribution in [3.8, 4) is 11.5 Å². The van der Waals surface area contributed by atoms with Crippen molar-refractivity contribution in [2.45, 2.75) is 82.8 Å². The fourth-order valence-electron chi connectivity index (χ4n) is 6.84. The number of hydrogen-bond acceptors (Lipinski definition) is 5. The van der Waals surface area contributed by atoms with E-state index >= 15 is 0 Å². The van der Waals surface area contributed by atoms with Crippen LogP contribution >= 0.6 is 11.6 Å². The van der Waals surface area contributed by atoms with Gasteiger partial charge in [-0.15, -0.1) is 0 Å². The molecule has 2 unspecified atom stereocenters. The van der Waals surface area contributed by atoms with Gasteiger partial charge in [0.25, 0.3) is 0 Å². The Bertz CT molecular complexity index is 1410. The Morgan fingerprint density at radius 1 is 1.00 bits per heavy atom. The molecule has 1 N–H and O–H groups in total. The molecular weight excluding hydrogens is 538 g/mol. The molecule has 3 heterocycles. The summed E-state index contributed by atoms with van der Waals surface area (Å²) in [6.45, 7) is 5.87. The number of fused-ring (bicyclic) bond motifs is 3. The van der Waals surface area contributed by atoms with Crippen LogP contribution in [-0.2, 0) is 21.6 Å². The van der Waals surface area contributed by atoms with Crippen LogP contribution in [0, 0.1) is 5.92 Å². The molecule has 0 aliphatic carbocycles. The summed E-state index contributed by atoms with van der Waals surface area (Å²) in [6, 6.07) is 19.0. The maximum Gasteiger partial charge on any atom is 0.232 e. The van der Waals surface area contributed by atoms with E-state index in [-0.39, 0.29) is 42.6 Å². The van der Waals surface area contributed by atoms with Gasteiger partial charge in [0.15, 0.2) is 11.5 Å². The zero-order valence-electron chi connectivity index (χ0n) is 24.1. The summed E-state index contributed by atoms with van der Waals surface area (Å²) < 4.78 is 17.8. The highest BCUT2D eigenvalue weighted by Gasteiger charge is 2.44.